The van der Waals surface area contributed by atoms with Crippen LogP contribution in [0.2, 0.25) is 0 Å². The van der Waals surface area contributed by atoms with Crippen molar-refractivity contribution in [2.24, 2.45) is 0 Å². The summed E-state index contributed by atoms with van der Waals surface area (Å²) in [6.07, 6.45) is 2.39. The SMILES string of the molecule is Cc1cc(-c2cccc3c2[nH]c2c4ccccc4sc32)c2c(c1)N(c1cc3c(cc1C)C(C)(C)CCC3(C)C)c1c(ccc3c1sc1ccccc13)[B]2. The van der Waals surface area contributed by atoms with E-state index in [2.05, 4.69) is 162 Å². The van der Waals surface area contributed by atoms with E-state index in [1.807, 2.05) is 22.7 Å². The van der Waals surface area contributed by atoms with Gasteiger partial charge in [0.25, 0.3) is 0 Å². The number of aromatic amines is 1. The van der Waals surface area contributed by atoms with E-state index in [1.54, 1.807) is 0 Å². The summed E-state index contributed by atoms with van der Waals surface area (Å²) >= 11 is 3.82. The Morgan fingerprint density at radius 2 is 1.28 bits per heavy atom. The van der Waals surface area contributed by atoms with Gasteiger partial charge in [-0.05, 0) is 95.1 Å². The number of H-pyrrole nitrogens is 1. The van der Waals surface area contributed by atoms with Crippen LogP contribution < -0.4 is 15.8 Å². The van der Waals surface area contributed by atoms with Crippen LogP contribution in [0.25, 0.3) is 62.5 Å². The summed E-state index contributed by atoms with van der Waals surface area (Å²) in [6.45, 7) is 14.4. The van der Waals surface area contributed by atoms with Crippen molar-refractivity contribution in [2.45, 2.75) is 65.2 Å². The first-order valence-electron chi connectivity index (χ1n) is 18.9. The van der Waals surface area contributed by atoms with Gasteiger partial charge in [-0.1, -0.05) is 112 Å². The van der Waals surface area contributed by atoms with Crippen LogP contribution in [0.15, 0.2) is 103 Å². The van der Waals surface area contributed by atoms with Crippen LogP contribution in [0.5, 0.6) is 0 Å². The van der Waals surface area contributed by atoms with Gasteiger partial charge in [-0.3, -0.25) is 0 Å². The van der Waals surface area contributed by atoms with Crippen molar-refractivity contribution < 1.29 is 0 Å². The number of para-hydroxylation sites is 1. The maximum Gasteiger partial charge on any atom is 0.197 e. The van der Waals surface area contributed by atoms with E-state index in [1.165, 1.54) is 126 Å². The van der Waals surface area contributed by atoms with Crippen molar-refractivity contribution in [3.8, 4) is 11.1 Å². The highest BCUT2D eigenvalue weighted by Crippen LogP contribution is 2.52. The van der Waals surface area contributed by atoms with Crippen LogP contribution in [0.3, 0.4) is 0 Å². The molecule has 1 N–H and O–H groups in total. The molecule has 1 radical (unpaired) electrons. The van der Waals surface area contributed by atoms with Crippen LogP contribution >= 0.6 is 22.7 Å². The van der Waals surface area contributed by atoms with Gasteiger partial charge in [0.1, 0.15) is 0 Å². The van der Waals surface area contributed by atoms with Crippen LogP contribution in [0.1, 0.15) is 62.8 Å². The van der Waals surface area contributed by atoms with Crippen LogP contribution in [-0.2, 0) is 10.8 Å². The minimum absolute atomic E-state index is 0.0998. The third kappa shape index (κ3) is 4.44. The van der Waals surface area contributed by atoms with Gasteiger partial charge in [0.05, 0.1) is 26.1 Å². The Balaban J connectivity index is 1.22. The number of rotatable bonds is 2. The molecule has 2 aliphatic rings. The maximum atomic E-state index is 3.94. The van der Waals surface area contributed by atoms with Gasteiger partial charge in [0.2, 0.25) is 0 Å². The lowest BCUT2D eigenvalue weighted by atomic mass is 9.57. The molecule has 53 heavy (non-hydrogen) atoms. The van der Waals surface area contributed by atoms with E-state index < -0.39 is 0 Å². The Hall–Kier alpha value is -4.84. The van der Waals surface area contributed by atoms with Crippen molar-refractivity contribution in [1.82, 2.24) is 4.98 Å². The summed E-state index contributed by atoms with van der Waals surface area (Å²) in [5.41, 5.74) is 17.2. The molecule has 1 aliphatic heterocycles. The fourth-order valence-corrected chi connectivity index (χ4v) is 12.0. The van der Waals surface area contributed by atoms with Crippen LogP contribution in [0, 0.1) is 13.8 Å². The quantitative estimate of drug-likeness (QED) is 0.176. The number of thiophene rings is 2. The molecule has 2 nitrogen and oxygen atoms in total. The second-order valence-electron chi connectivity index (χ2n) is 16.8. The Kier molecular flexibility index (Phi) is 6.50. The molecule has 9 aromatic rings. The normalized spacial score (nSPS) is 16.0. The van der Waals surface area contributed by atoms with Gasteiger partial charge in [-0.25, -0.2) is 0 Å². The Labute approximate surface area is 319 Å². The zero-order valence-corrected chi connectivity index (χ0v) is 32.7. The number of hydrogen-bond acceptors (Lipinski definition) is 3. The number of hydrogen-bond donors (Lipinski definition) is 1. The van der Waals surface area contributed by atoms with Gasteiger partial charge >= 0.3 is 0 Å². The molecule has 6 aromatic carbocycles. The third-order valence-corrected chi connectivity index (χ3v) is 14.9. The predicted molar refractivity (Wildman–Crippen MR) is 234 cm³/mol. The smallest absolute Gasteiger partial charge is 0.197 e. The molecule has 0 fully saturated rings. The molecule has 0 unspecified atom stereocenters. The van der Waals surface area contributed by atoms with Crippen molar-refractivity contribution in [1.29, 1.82) is 0 Å². The number of aryl methyl sites for hydroxylation is 2. The standard InChI is InChI=1S/C48H40BN2S2/c1-26-22-33(29-14-11-15-32-42(29)50-43-31-13-8-10-17-40(31)52-45(32)43)41-38(23-26)51(37-25-35-34(24-27(37)2)47(3,4)20-21-48(35,5)6)44-36(49-41)19-18-30-28-12-7-9-16-39(28)53-46(30)44/h7-19,22-25,50H,20-21H2,1-6H3. The molecule has 1 aliphatic carbocycles. The lowest BCUT2D eigenvalue weighted by molar-refractivity contribution is 0.332. The molecule has 0 atom stereocenters. The summed E-state index contributed by atoms with van der Waals surface area (Å²) in [5, 5.41) is 5.26. The summed E-state index contributed by atoms with van der Waals surface area (Å²) < 4.78 is 5.35. The molecule has 257 valence electrons. The first kappa shape index (κ1) is 31.7. The number of nitrogens with one attached hydrogen (secondary N) is 1. The molecule has 5 heteroatoms. The fraction of sp³-hybridized carbons (Fsp3) is 0.208. The summed E-state index contributed by atoms with van der Waals surface area (Å²) in [5.74, 6) is 0. The highest BCUT2D eigenvalue weighted by molar-refractivity contribution is 7.27. The highest BCUT2D eigenvalue weighted by atomic mass is 32.1. The number of anilines is 3. The Morgan fingerprint density at radius 3 is 2.08 bits per heavy atom. The molecular formula is C48H40BN2S2. The molecule has 0 saturated carbocycles. The molecule has 0 amide bonds. The Morgan fingerprint density at radius 1 is 0.604 bits per heavy atom. The van der Waals surface area contributed by atoms with E-state index in [4.69, 9.17) is 0 Å². The second kappa shape index (κ2) is 10.9. The van der Waals surface area contributed by atoms with Gasteiger partial charge in [-0.15, -0.1) is 22.7 Å². The van der Waals surface area contributed by atoms with Crippen molar-refractivity contribution >= 4 is 109 Å². The van der Waals surface area contributed by atoms with Crippen LogP contribution in [-0.4, -0.2) is 12.3 Å². The highest BCUT2D eigenvalue weighted by Gasteiger charge is 2.39. The molecule has 4 heterocycles. The molecule has 0 saturated heterocycles. The first-order chi connectivity index (χ1) is 25.6. The lowest BCUT2D eigenvalue weighted by Gasteiger charge is -2.44. The average molecular weight is 720 g/mol. The van der Waals surface area contributed by atoms with E-state index in [0.29, 0.717) is 0 Å². The van der Waals surface area contributed by atoms with E-state index >= 15 is 0 Å². The Bertz CT molecular complexity index is 3030. The summed E-state index contributed by atoms with van der Waals surface area (Å²) in [7, 11) is 2.47. The number of nitrogens with zero attached hydrogens (tertiary/aromatic N) is 1. The summed E-state index contributed by atoms with van der Waals surface area (Å²) in [4.78, 5) is 6.59. The largest absolute Gasteiger partial charge is 0.353 e. The second-order valence-corrected chi connectivity index (χ2v) is 18.9. The molecule has 11 rings (SSSR count). The van der Waals surface area contributed by atoms with Crippen molar-refractivity contribution in [2.75, 3.05) is 4.90 Å². The molecular weight excluding hydrogens is 679 g/mol. The van der Waals surface area contributed by atoms with Gasteiger partial charge < -0.3 is 9.88 Å². The number of aromatic nitrogens is 1. The first-order valence-corrected chi connectivity index (χ1v) is 20.5. The summed E-state index contributed by atoms with van der Waals surface area (Å²) in [6, 6.07) is 39.2. The minimum Gasteiger partial charge on any atom is -0.353 e. The number of benzene rings is 6. The lowest BCUT2D eigenvalue weighted by Crippen LogP contribution is -2.41. The third-order valence-electron chi connectivity index (χ3n) is 12.5. The van der Waals surface area contributed by atoms with Crippen LogP contribution in [0.4, 0.5) is 17.1 Å². The topological polar surface area (TPSA) is 19.0 Å². The predicted octanol–water partition coefficient (Wildman–Crippen LogP) is 13.0. The molecule has 0 bridgehead atoms. The fourth-order valence-electron chi connectivity index (χ4n) is 9.54. The maximum absolute atomic E-state index is 3.94. The minimum atomic E-state index is 0.0998. The van der Waals surface area contributed by atoms with Crippen molar-refractivity contribution in [3.05, 3.63) is 125 Å². The van der Waals surface area contributed by atoms with Gasteiger partial charge in [0, 0.05) is 47.9 Å². The number of fused-ring (bicyclic) bond motifs is 12. The van der Waals surface area contributed by atoms with Crippen molar-refractivity contribution in [3.63, 3.8) is 0 Å². The van der Waals surface area contributed by atoms with Gasteiger partial charge in [-0.2, -0.15) is 0 Å². The van der Waals surface area contributed by atoms with E-state index in [-0.39, 0.29) is 10.8 Å². The van der Waals surface area contributed by atoms with Gasteiger partial charge in [0.15, 0.2) is 7.28 Å². The molecule has 3 aromatic heterocycles. The zero-order chi connectivity index (χ0) is 36.0. The van der Waals surface area contributed by atoms with E-state index in [0.717, 1.165) is 0 Å². The zero-order valence-electron chi connectivity index (χ0n) is 31.1. The molecule has 0 spiro atoms. The average Bonchev–Trinajstić information content (AvgIpc) is 3.83. The van der Waals surface area contributed by atoms with E-state index in [9.17, 15) is 0 Å². The monoisotopic (exact) mass is 719 g/mol.